The molecule has 2 unspecified atom stereocenters. The molecule has 0 bridgehead atoms. The minimum atomic E-state index is 0.0489. The molecular weight excluding hydrogens is 250 g/mol. The molecule has 0 saturated carbocycles. The molecule has 0 aromatic heterocycles. The smallest absolute Gasteiger partial charge is 0.119 e. The van der Waals surface area contributed by atoms with Gasteiger partial charge in [0, 0.05) is 25.2 Å². The van der Waals surface area contributed by atoms with Crippen LogP contribution in [0.3, 0.4) is 0 Å². The number of rotatable bonds is 6. The van der Waals surface area contributed by atoms with Crippen LogP contribution in [-0.2, 0) is 0 Å². The van der Waals surface area contributed by atoms with Crippen molar-refractivity contribution in [1.82, 2.24) is 9.80 Å². The lowest BCUT2D eigenvalue weighted by Crippen LogP contribution is -2.41. The molecule has 0 radical (unpaired) electrons. The van der Waals surface area contributed by atoms with Crippen LogP contribution in [0.25, 0.3) is 0 Å². The van der Waals surface area contributed by atoms with Crippen molar-refractivity contribution in [3.05, 3.63) is 29.8 Å². The van der Waals surface area contributed by atoms with Crippen LogP contribution in [0.15, 0.2) is 24.3 Å². The fourth-order valence-corrected chi connectivity index (χ4v) is 2.99. The zero-order chi connectivity index (χ0) is 14.5. The van der Waals surface area contributed by atoms with Crippen molar-refractivity contribution in [1.29, 1.82) is 0 Å². The number of ether oxygens (including phenoxy) is 1. The Morgan fingerprint density at radius 2 is 2.25 bits per heavy atom. The summed E-state index contributed by atoms with van der Waals surface area (Å²) in [6.07, 6.45) is 2.56. The molecule has 4 heteroatoms. The summed E-state index contributed by atoms with van der Waals surface area (Å²) >= 11 is 0. The van der Waals surface area contributed by atoms with E-state index in [1.807, 2.05) is 18.2 Å². The number of likely N-dealkylation sites (N-methyl/N-ethyl adjacent to an activating group) is 1. The lowest BCUT2D eigenvalue weighted by atomic mass is 10.1. The lowest BCUT2D eigenvalue weighted by Gasteiger charge is -2.29. The molecule has 0 aliphatic carbocycles. The van der Waals surface area contributed by atoms with Crippen LogP contribution in [0, 0.1) is 0 Å². The average Bonchev–Trinajstić information content (AvgIpc) is 2.85. The summed E-state index contributed by atoms with van der Waals surface area (Å²) in [5.74, 6) is 0.879. The van der Waals surface area contributed by atoms with Crippen LogP contribution < -0.4 is 10.5 Å². The second-order valence-corrected chi connectivity index (χ2v) is 5.94. The second-order valence-electron chi connectivity index (χ2n) is 5.94. The van der Waals surface area contributed by atoms with E-state index in [1.165, 1.54) is 12.8 Å². The molecule has 0 amide bonds. The highest BCUT2D eigenvalue weighted by Crippen LogP contribution is 2.23. The minimum Gasteiger partial charge on any atom is -0.497 e. The molecule has 112 valence electrons. The third kappa shape index (κ3) is 3.95. The monoisotopic (exact) mass is 277 g/mol. The molecule has 20 heavy (non-hydrogen) atoms. The number of hydrogen-bond acceptors (Lipinski definition) is 4. The predicted molar refractivity (Wildman–Crippen MR) is 83.1 cm³/mol. The Balaban J connectivity index is 1.97. The van der Waals surface area contributed by atoms with Crippen molar-refractivity contribution in [2.24, 2.45) is 5.73 Å². The standard InChI is InChI=1S/C16H27N3O/c1-18(2)11-14-7-5-9-19(14)12-16(17)13-6-4-8-15(10-13)20-3/h4,6,8,10,14,16H,5,7,9,11-12,17H2,1-3H3. The van der Waals surface area contributed by atoms with Crippen LogP contribution >= 0.6 is 0 Å². The van der Waals surface area contributed by atoms with E-state index in [-0.39, 0.29) is 6.04 Å². The molecule has 0 spiro atoms. The third-order valence-corrected chi connectivity index (χ3v) is 4.03. The van der Waals surface area contributed by atoms with E-state index in [9.17, 15) is 0 Å². The van der Waals surface area contributed by atoms with E-state index in [4.69, 9.17) is 10.5 Å². The molecule has 1 aromatic rings. The fraction of sp³-hybridized carbons (Fsp3) is 0.625. The van der Waals surface area contributed by atoms with Gasteiger partial charge in [0.25, 0.3) is 0 Å². The first-order valence-corrected chi connectivity index (χ1v) is 7.38. The van der Waals surface area contributed by atoms with Crippen molar-refractivity contribution in [3.63, 3.8) is 0 Å². The van der Waals surface area contributed by atoms with Gasteiger partial charge < -0.3 is 15.4 Å². The Bertz CT molecular complexity index is 422. The highest BCUT2D eigenvalue weighted by atomic mass is 16.5. The molecule has 2 atom stereocenters. The van der Waals surface area contributed by atoms with E-state index in [0.717, 1.165) is 30.9 Å². The Kier molecular flexibility index (Phi) is 5.40. The maximum atomic E-state index is 6.38. The van der Waals surface area contributed by atoms with Gasteiger partial charge in [0.15, 0.2) is 0 Å². The summed E-state index contributed by atoms with van der Waals surface area (Å²) in [6, 6.07) is 8.79. The molecule has 2 rings (SSSR count). The SMILES string of the molecule is COc1cccc(C(N)CN2CCCC2CN(C)C)c1. The van der Waals surface area contributed by atoms with E-state index < -0.39 is 0 Å². The van der Waals surface area contributed by atoms with Crippen LogP contribution in [0.2, 0.25) is 0 Å². The normalized spacial score (nSPS) is 21.4. The predicted octanol–water partition coefficient (Wildman–Crippen LogP) is 1.72. The van der Waals surface area contributed by atoms with Crippen LogP contribution in [0.5, 0.6) is 5.75 Å². The maximum Gasteiger partial charge on any atom is 0.119 e. The minimum absolute atomic E-state index is 0.0489. The van der Waals surface area contributed by atoms with Gasteiger partial charge in [0.2, 0.25) is 0 Å². The summed E-state index contributed by atoms with van der Waals surface area (Å²) in [7, 11) is 5.97. The topological polar surface area (TPSA) is 41.7 Å². The van der Waals surface area contributed by atoms with Gasteiger partial charge in [0.05, 0.1) is 7.11 Å². The summed E-state index contributed by atoms with van der Waals surface area (Å²) in [4.78, 5) is 4.80. The van der Waals surface area contributed by atoms with Crippen LogP contribution in [0.4, 0.5) is 0 Å². The average molecular weight is 277 g/mol. The summed E-state index contributed by atoms with van der Waals surface area (Å²) in [5.41, 5.74) is 7.53. The Morgan fingerprint density at radius 1 is 1.45 bits per heavy atom. The van der Waals surface area contributed by atoms with E-state index >= 15 is 0 Å². The number of nitrogens with two attached hydrogens (primary N) is 1. The van der Waals surface area contributed by atoms with E-state index in [1.54, 1.807) is 7.11 Å². The van der Waals surface area contributed by atoms with Gasteiger partial charge in [-0.3, -0.25) is 4.90 Å². The van der Waals surface area contributed by atoms with Gasteiger partial charge in [0.1, 0.15) is 5.75 Å². The van der Waals surface area contributed by atoms with Gasteiger partial charge in [-0.25, -0.2) is 0 Å². The van der Waals surface area contributed by atoms with Gasteiger partial charge in [-0.15, -0.1) is 0 Å². The van der Waals surface area contributed by atoms with Crippen molar-refractivity contribution in [2.45, 2.75) is 24.9 Å². The number of methoxy groups -OCH3 is 1. The molecular formula is C16H27N3O. The lowest BCUT2D eigenvalue weighted by molar-refractivity contribution is 0.198. The molecule has 1 heterocycles. The first kappa shape index (κ1) is 15.3. The van der Waals surface area contributed by atoms with Crippen molar-refractivity contribution < 1.29 is 4.74 Å². The molecule has 1 aliphatic rings. The van der Waals surface area contributed by atoms with Gasteiger partial charge in [-0.2, -0.15) is 0 Å². The fourth-order valence-electron chi connectivity index (χ4n) is 2.99. The quantitative estimate of drug-likeness (QED) is 0.860. The van der Waals surface area contributed by atoms with Crippen LogP contribution in [0.1, 0.15) is 24.4 Å². The second kappa shape index (κ2) is 7.07. The summed E-state index contributed by atoms with van der Waals surface area (Å²) in [5, 5.41) is 0. The summed E-state index contributed by atoms with van der Waals surface area (Å²) in [6.45, 7) is 3.20. The highest BCUT2D eigenvalue weighted by Gasteiger charge is 2.26. The van der Waals surface area contributed by atoms with Crippen molar-refractivity contribution >= 4 is 0 Å². The first-order valence-electron chi connectivity index (χ1n) is 7.38. The molecule has 1 aliphatic heterocycles. The number of nitrogens with zero attached hydrogens (tertiary/aromatic N) is 2. The molecule has 1 saturated heterocycles. The van der Waals surface area contributed by atoms with E-state index in [2.05, 4.69) is 30.0 Å². The van der Waals surface area contributed by atoms with Gasteiger partial charge in [-0.05, 0) is 51.2 Å². The van der Waals surface area contributed by atoms with Crippen molar-refractivity contribution in [3.8, 4) is 5.75 Å². The van der Waals surface area contributed by atoms with Crippen LogP contribution in [-0.4, -0.2) is 56.7 Å². The van der Waals surface area contributed by atoms with Crippen molar-refractivity contribution in [2.75, 3.05) is 40.8 Å². The molecule has 1 aromatic carbocycles. The number of hydrogen-bond donors (Lipinski definition) is 1. The first-order chi connectivity index (χ1) is 9.60. The third-order valence-electron chi connectivity index (χ3n) is 4.03. The van der Waals surface area contributed by atoms with Gasteiger partial charge in [-0.1, -0.05) is 12.1 Å². The van der Waals surface area contributed by atoms with E-state index in [0.29, 0.717) is 6.04 Å². The summed E-state index contributed by atoms with van der Waals surface area (Å²) < 4.78 is 5.27. The zero-order valence-electron chi connectivity index (χ0n) is 12.9. The maximum absolute atomic E-state index is 6.38. The Labute approximate surface area is 122 Å². The Hall–Kier alpha value is -1.10. The largest absolute Gasteiger partial charge is 0.497 e. The van der Waals surface area contributed by atoms with Gasteiger partial charge >= 0.3 is 0 Å². The molecule has 2 N–H and O–H groups in total. The molecule has 4 nitrogen and oxygen atoms in total. The zero-order valence-corrected chi connectivity index (χ0v) is 12.9. The molecule has 1 fully saturated rings. The highest BCUT2D eigenvalue weighted by molar-refractivity contribution is 5.30. The Morgan fingerprint density at radius 3 is 2.95 bits per heavy atom. The number of benzene rings is 1. The number of likely N-dealkylation sites (tertiary alicyclic amines) is 1.